The van der Waals surface area contributed by atoms with Crippen molar-refractivity contribution in [2.45, 2.75) is 12.8 Å². The molecule has 4 heteroatoms. The molecule has 37 heavy (non-hydrogen) atoms. The number of fused-ring (bicyclic) bond motifs is 3. The fourth-order valence-corrected chi connectivity index (χ4v) is 4.79. The smallest absolute Gasteiger partial charge is 0.0730 e. The van der Waals surface area contributed by atoms with E-state index in [4.69, 9.17) is 9.98 Å². The van der Waals surface area contributed by atoms with E-state index in [2.05, 4.69) is 101 Å². The van der Waals surface area contributed by atoms with Gasteiger partial charge in [0.25, 0.3) is 0 Å². The normalized spacial score (nSPS) is 18.5. The zero-order valence-electron chi connectivity index (χ0n) is 20.4. The van der Waals surface area contributed by atoms with Gasteiger partial charge in [0.2, 0.25) is 0 Å². The van der Waals surface area contributed by atoms with E-state index in [-0.39, 0.29) is 0 Å². The number of para-hydroxylation sites is 2. The van der Waals surface area contributed by atoms with Gasteiger partial charge in [-0.2, -0.15) is 0 Å². The van der Waals surface area contributed by atoms with E-state index in [1.165, 1.54) is 0 Å². The number of hydrogen-bond acceptors (Lipinski definition) is 4. The zero-order valence-corrected chi connectivity index (χ0v) is 20.4. The van der Waals surface area contributed by atoms with E-state index >= 15 is 0 Å². The highest BCUT2D eigenvalue weighted by molar-refractivity contribution is 6.10. The summed E-state index contributed by atoms with van der Waals surface area (Å²) in [6.07, 6.45) is 26.3. The average Bonchev–Trinajstić information content (AvgIpc) is 3.20. The summed E-state index contributed by atoms with van der Waals surface area (Å²) >= 11 is 0. The Hall–Kier alpha value is -4.83. The van der Waals surface area contributed by atoms with Crippen LogP contribution in [0.4, 0.5) is 11.4 Å². The molecule has 3 heterocycles. The monoisotopic (exact) mass is 478 g/mol. The Morgan fingerprint density at radius 2 is 1.38 bits per heavy atom. The molecule has 4 nitrogen and oxygen atoms in total. The number of pyridine rings is 2. The second-order valence-electron chi connectivity index (χ2n) is 8.79. The van der Waals surface area contributed by atoms with Crippen LogP contribution in [0.25, 0.3) is 21.8 Å². The van der Waals surface area contributed by atoms with E-state index in [1.807, 2.05) is 42.9 Å². The van der Waals surface area contributed by atoms with Gasteiger partial charge in [-0.3, -0.25) is 9.98 Å². The van der Waals surface area contributed by atoms with Crippen molar-refractivity contribution in [2.75, 3.05) is 4.90 Å². The Kier molecular flexibility index (Phi) is 6.37. The van der Waals surface area contributed by atoms with Crippen LogP contribution < -0.4 is 4.90 Å². The summed E-state index contributed by atoms with van der Waals surface area (Å²) in [5.41, 5.74) is 7.11. The molecule has 2 aliphatic rings. The fourth-order valence-electron chi connectivity index (χ4n) is 4.79. The molecular weight excluding hydrogens is 452 g/mol. The number of aliphatic imine (C=N–C) groups is 1. The Labute approximate surface area is 216 Å². The molecule has 0 atom stereocenters. The Morgan fingerprint density at radius 1 is 0.676 bits per heavy atom. The average molecular weight is 479 g/mol. The van der Waals surface area contributed by atoms with Crippen LogP contribution in [0.3, 0.4) is 0 Å². The van der Waals surface area contributed by atoms with Crippen molar-refractivity contribution in [2.24, 2.45) is 4.99 Å². The Balaban J connectivity index is 1.70. The van der Waals surface area contributed by atoms with Gasteiger partial charge in [-0.1, -0.05) is 85.0 Å². The number of nitrogens with zero attached hydrogens (tertiary/aromatic N) is 4. The van der Waals surface area contributed by atoms with Crippen LogP contribution in [-0.4, -0.2) is 16.2 Å². The maximum absolute atomic E-state index is 4.99. The lowest BCUT2D eigenvalue weighted by Gasteiger charge is -2.31. The first-order valence-electron chi connectivity index (χ1n) is 12.5. The number of allylic oxidation sites excluding steroid dienone is 9. The van der Waals surface area contributed by atoms with Crippen LogP contribution in [0.1, 0.15) is 12.8 Å². The minimum absolute atomic E-state index is 0.774. The highest BCUT2D eigenvalue weighted by atomic mass is 15.2. The third kappa shape index (κ3) is 4.57. The van der Waals surface area contributed by atoms with Crippen LogP contribution in [0, 0.1) is 0 Å². The summed E-state index contributed by atoms with van der Waals surface area (Å²) in [6, 6.07) is 20.9. The highest BCUT2D eigenvalue weighted by Gasteiger charge is 2.24. The van der Waals surface area contributed by atoms with Crippen LogP contribution in [0.5, 0.6) is 0 Å². The minimum atomic E-state index is 0.774. The van der Waals surface area contributed by atoms with Crippen molar-refractivity contribution in [3.05, 3.63) is 145 Å². The van der Waals surface area contributed by atoms with Crippen molar-refractivity contribution < 1.29 is 0 Å². The molecule has 4 aromatic rings. The lowest BCUT2D eigenvalue weighted by Crippen LogP contribution is -2.20. The molecule has 0 amide bonds. The molecule has 1 aliphatic heterocycles. The number of benzene rings is 2. The van der Waals surface area contributed by atoms with Crippen LogP contribution in [0.2, 0.25) is 0 Å². The van der Waals surface area contributed by atoms with Gasteiger partial charge in [0.15, 0.2) is 0 Å². The van der Waals surface area contributed by atoms with Crippen molar-refractivity contribution in [3.8, 4) is 0 Å². The molecule has 2 aromatic heterocycles. The molecule has 0 fully saturated rings. The first-order valence-corrected chi connectivity index (χ1v) is 12.5. The Morgan fingerprint density at radius 3 is 2.16 bits per heavy atom. The lowest BCUT2D eigenvalue weighted by molar-refractivity contribution is 1.12. The number of hydrogen-bond donors (Lipinski definition) is 0. The third-order valence-corrected chi connectivity index (χ3v) is 6.45. The molecule has 0 radical (unpaired) electrons. The number of rotatable bonds is 3. The summed E-state index contributed by atoms with van der Waals surface area (Å²) in [6.45, 7) is 0. The maximum Gasteiger partial charge on any atom is 0.0730 e. The molecule has 178 valence electrons. The third-order valence-electron chi connectivity index (χ3n) is 6.45. The predicted molar refractivity (Wildman–Crippen MR) is 155 cm³/mol. The van der Waals surface area contributed by atoms with Gasteiger partial charge in [0, 0.05) is 40.6 Å². The fraction of sp³-hybridized carbons (Fsp3) is 0.0606. The van der Waals surface area contributed by atoms with Gasteiger partial charge >= 0.3 is 0 Å². The summed E-state index contributed by atoms with van der Waals surface area (Å²) < 4.78 is 0. The first kappa shape index (κ1) is 22.6. The van der Waals surface area contributed by atoms with E-state index in [0.29, 0.717) is 0 Å². The summed E-state index contributed by atoms with van der Waals surface area (Å²) in [5.74, 6) is 0. The standard InChI is InChI=1S/C33H26N4/c1-2-7-19-32(26-13-5-4-6-16-29(26)35-22-12-3-1)37(25-20-23-34-24-21-25)33-27-14-8-10-17-30(27)36-31-18-11-9-15-28(31)33/h1-5,8-24H,6-7H2/b2-1-,12-3-,32-19-,35-22?. The molecule has 0 unspecified atom stereocenters. The van der Waals surface area contributed by atoms with E-state index < -0.39 is 0 Å². The largest absolute Gasteiger partial charge is 0.309 e. The van der Waals surface area contributed by atoms with Crippen LogP contribution in [-0.2, 0) is 0 Å². The van der Waals surface area contributed by atoms with Crippen LogP contribution in [0.15, 0.2) is 150 Å². The van der Waals surface area contributed by atoms with Crippen molar-refractivity contribution in [3.63, 3.8) is 0 Å². The minimum Gasteiger partial charge on any atom is -0.309 e. The molecule has 6 rings (SSSR count). The van der Waals surface area contributed by atoms with Crippen molar-refractivity contribution >= 4 is 39.4 Å². The maximum atomic E-state index is 4.99. The summed E-state index contributed by atoms with van der Waals surface area (Å²) in [5, 5.41) is 2.17. The number of aromatic nitrogens is 2. The molecule has 2 aromatic carbocycles. The predicted octanol–water partition coefficient (Wildman–Crippen LogP) is 8.16. The van der Waals surface area contributed by atoms with Crippen molar-refractivity contribution in [1.82, 2.24) is 9.97 Å². The van der Waals surface area contributed by atoms with Gasteiger partial charge < -0.3 is 4.90 Å². The van der Waals surface area contributed by atoms with E-state index in [0.717, 1.165) is 63.0 Å². The Bertz CT molecular complexity index is 1610. The molecular formula is C33H26N4. The van der Waals surface area contributed by atoms with Crippen molar-refractivity contribution in [1.29, 1.82) is 0 Å². The zero-order chi connectivity index (χ0) is 24.9. The van der Waals surface area contributed by atoms with Gasteiger partial charge in [0.05, 0.1) is 28.1 Å². The van der Waals surface area contributed by atoms with Gasteiger partial charge in [-0.25, -0.2) is 4.98 Å². The topological polar surface area (TPSA) is 41.4 Å². The molecule has 0 saturated heterocycles. The van der Waals surface area contributed by atoms with Gasteiger partial charge in [-0.15, -0.1) is 0 Å². The number of anilines is 2. The lowest BCUT2D eigenvalue weighted by atomic mass is 10.0. The van der Waals surface area contributed by atoms with Crippen LogP contribution >= 0.6 is 0 Å². The summed E-state index contributed by atoms with van der Waals surface area (Å²) in [4.78, 5) is 16.5. The van der Waals surface area contributed by atoms with E-state index in [1.54, 1.807) is 0 Å². The summed E-state index contributed by atoms with van der Waals surface area (Å²) in [7, 11) is 0. The molecule has 1 aliphatic carbocycles. The molecule has 0 bridgehead atoms. The van der Waals surface area contributed by atoms with Gasteiger partial charge in [-0.05, 0) is 43.2 Å². The molecule has 0 saturated carbocycles. The second-order valence-corrected chi connectivity index (χ2v) is 8.79. The first-order chi connectivity index (χ1) is 18.4. The van der Waals surface area contributed by atoms with E-state index in [9.17, 15) is 0 Å². The quantitative estimate of drug-likeness (QED) is 0.279. The molecule has 0 N–H and O–H groups in total. The highest BCUT2D eigenvalue weighted by Crippen LogP contribution is 2.43. The van der Waals surface area contributed by atoms with Gasteiger partial charge in [0.1, 0.15) is 0 Å². The SMILES string of the molecule is C1=CCC=C2N=C/C=C\C=C/C/C=C(\N(c3ccncc3)c3c4ccccc4nc4ccccc34)C2=C1. The molecule has 0 spiro atoms. The second kappa shape index (κ2) is 10.4.